The van der Waals surface area contributed by atoms with Gasteiger partial charge in [0.1, 0.15) is 11.9 Å². The number of nitrogens with zero attached hydrogens (tertiary/aromatic N) is 2. The highest BCUT2D eigenvalue weighted by Crippen LogP contribution is 2.22. The Kier molecular flexibility index (Phi) is 5.35. The lowest BCUT2D eigenvalue weighted by Gasteiger charge is -2.36. The summed E-state index contributed by atoms with van der Waals surface area (Å²) in [7, 11) is 0. The molecule has 0 aliphatic carbocycles. The summed E-state index contributed by atoms with van der Waals surface area (Å²) in [4.78, 5) is 15.7. The highest BCUT2D eigenvalue weighted by Gasteiger charge is 2.20. The topological polar surface area (TPSA) is 70.8 Å². The maximum absolute atomic E-state index is 11.6. The standard InChI is InChI=1S/C17H26N4O2/c18-13-17(22)21-11-9-20(10-12-21)14-1-3-15(4-2-14)23-16-5-7-19-8-6-16/h1-4,16,19H,5-13,18H2. The fourth-order valence-corrected chi connectivity index (χ4v) is 3.18. The van der Waals surface area contributed by atoms with Gasteiger partial charge in [-0.1, -0.05) is 0 Å². The van der Waals surface area contributed by atoms with E-state index in [1.54, 1.807) is 0 Å². The molecule has 3 rings (SSSR count). The van der Waals surface area contributed by atoms with Gasteiger partial charge in [0.25, 0.3) is 0 Å². The summed E-state index contributed by atoms with van der Waals surface area (Å²) in [6, 6.07) is 8.32. The Morgan fingerprint density at radius 3 is 2.39 bits per heavy atom. The zero-order valence-corrected chi connectivity index (χ0v) is 13.5. The first kappa shape index (κ1) is 16.1. The Labute approximate surface area is 137 Å². The van der Waals surface area contributed by atoms with Crippen molar-refractivity contribution in [3.05, 3.63) is 24.3 Å². The molecule has 0 aromatic heterocycles. The largest absolute Gasteiger partial charge is 0.490 e. The lowest BCUT2D eigenvalue weighted by molar-refractivity contribution is -0.129. The summed E-state index contributed by atoms with van der Waals surface area (Å²) in [5, 5.41) is 3.35. The molecule has 0 saturated carbocycles. The summed E-state index contributed by atoms with van der Waals surface area (Å²) in [6.45, 7) is 5.35. The SMILES string of the molecule is NCC(=O)N1CCN(c2ccc(OC3CCNCC3)cc2)CC1. The summed E-state index contributed by atoms with van der Waals surface area (Å²) >= 11 is 0. The van der Waals surface area contributed by atoms with Crippen LogP contribution in [0.1, 0.15) is 12.8 Å². The van der Waals surface area contributed by atoms with Gasteiger partial charge in [-0.25, -0.2) is 0 Å². The van der Waals surface area contributed by atoms with Crippen LogP contribution in [0.25, 0.3) is 0 Å². The first-order chi connectivity index (χ1) is 11.3. The number of hydrogen-bond acceptors (Lipinski definition) is 5. The van der Waals surface area contributed by atoms with Gasteiger partial charge in [-0.2, -0.15) is 0 Å². The third kappa shape index (κ3) is 4.14. The van der Waals surface area contributed by atoms with Crippen LogP contribution in [0.5, 0.6) is 5.75 Å². The summed E-state index contributed by atoms with van der Waals surface area (Å²) in [6.07, 6.45) is 2.46. The Bertz CT molecular complexity index is 506. The maximum Gasteiger partial charge on any atom is 0.236 e. The molecule has 126 valence electrons. The molecule has 0 atom stereocenters. The van der Waals surface area contributed by atoms with Crippen molar-refractivity contribution in [3.63, 3.8) is 0 Å². The van der Waals surface area contributed by atoms with Gasteiger partial charge in [0, 0.05) is 31.9 Å². The zero-order chi connectivity index (χ0) is 16.1. The molecule has 3 N–H and O–H groups in total. The molecule has 2 saturated heterocycles. The number of nitrogens with one attached hydrogen (secondary N) is 1. The van der Waals surface area contributed by atoms with E-state index in [-0.39, 0.29) is 12.5 Å². The molecule has 2 heterocycles. The van der Waals surface area contributed by atoms with Crippen molar-refractivity contribution in [3.8, 4) is 5.75 Å². The maximum atomic E-state index is 11.6. The van der Waals surface area contributed by atoms with Gasteiger partial charge in [0.05, 0.1) is 6.54 Å². The van der Waals surface area contributed by atoms with Crippen molar-refractivity contribution < 1.29 is 9.53 Å². The molecule has 23 heavy (non-hydrogen) atoms. The van der Waals surface area contributed by atoms with E-state index in [1.807, 2.05) is 4.90 Å². The van der Waals surface area contributed by atoms with Crippen LogP contribution in [0, 0.1) is 0 Å². The van der Waals surface area contributed by atoms with Gasteiger partial charge in [-0.05, 0) is 50.2 Å². The fraction of sp³-hybridized carbons (Fsp3) is 0.588. The van der Waals surface area contributed by atoms with E-state index in [4.69, 9.17) is 10.5 Å². The second-order valence-electron chi connectivity index (χ2n) is 6.13. The van der Waals surface area contributed by atoms with E-state index in [0.29, 0.717) is 6.10 Å². The van der Waals surface area contributed by atoms with Crippen LogP contribution < -0.4 is 20.7 Å². The third-order valence-electron chi connectivity index (χ3n) is 4.60. The van der Waals surface area contributed by atoms with E-state index >= 15 is 0 Å². The minimum atomic E-state index is 0.0374. The molecule has 1 aromatic carbocycles. The fourth-order valence-electron chi connectivity index (χ4n) is 3.18. The number of anilines is 1. The Morgan fingerprint density at radius 1 is 1.13 bits per heavy atom. The average molecular weight is 318 g/mol. The van der Waals surface area contributed by atoms with E-state index in [9.17, 15) is 4.79 Å². The summed E-state index contributed by atoms with van der Waals surface area (Å²) in [5.74, 6) is 0.980. The lowest BCUT2D eigenvalue weighted by atomic mass is 10.1. The van der Waals surface area contributed by atoms with Crippen LogP contribution >= 0.6 is 0 Å². The van der Waals surface area contributed by atoms with Crippen LogP contribution in [0.15, 0.2) is 24.3 Å². The smallest absolute Gasteiger partial charge is 0.236 e. The molecule has 0 unspecified atom stereocenters. The van der Waals surface area contributed by atoms with E-state index in [2.05, 4.69) is 34.5 Å². The van der Waals surface area contributed by atoms with Gasteiger partial charge in [-0.15, -0.1) is 0 Å². The zero-order valence-electron chi connectivity index (χ0n) is 13.5. The highest BCUT2D eigenvalue weighted by atomic mass is 16.5. The average Bonchev–Trinajstić information content (AvgIpc) is 2.63. The molecule has 2 fully saturated rings. The quantitative estimate of drug-likeness (QED) is 0.842. The first-order valence-electron chi connectivity index (χ1n) is 8.46. The molecular formula is C17H26N4O2. The number of nitrogens with two attached hydrogens (primary N) is 1. The van der Waals surface area contributed by atoms with Crippen LogP contribution in [-0.4, -0.2) is 62.7 Å². The molecule has 0 radical (unpaired) electrons. The van der Waals surface area contributed by atoms with Crippen molar-refractivity contribution in [1.29, 1.82) is 0 Å². The molecule has 0 bridgehead atoms. The number of hydrogen-bond donors (Lipinski definition) is 2. The Balaban J connectivity index is 1.52. The number of benzene rings is 1. The predicted octanol–water partition coefficient (Wildman–Crippen LogP) is 0.425. The number of amides is 1. The van der Waals surface area contributed by atoms with E-state index in [0.717, 1.165) is 57.9 Å². The van der Waals surface area contributed by atoms with Crippen LogP contribution in [0.4, 0.5) is 5.69 Å². The van der Waals surface area contributed by atoms with E-state index < -0.39 is 0 Å². The number of piperazine rings is 1. The van der Waals surface area contributed by atoms with Crippen molar-refractivity contribution in [2.24, 2.45) is 5.73 Å². The molecule has 1 amide bonds. The van der Waals surface area contributed by atoms with Gasteiger partial charge >= 0.3 is 0 Å². The van der Waals surface area contributed by atoms with Crippen LogP contribution in [-0.2, 0) is 4.79 Å². The van der Waals surface area contributed by atoms with Crippen molar-refractivity contribution >= 4 is 11.6 Å². The van der Waals surface area contributed by atoms with Gasteiger partial charge in [0.15, 0.2) is 0 Å². The third-order valence-corrected chi connectivity index (χ3v) is 4.60. The minimum Gasteiger partial charge on any atom is -0.490 e. The number of carbonyl (C=O) groups excluding carboxylic acids is 1. The second kappa shape index (κ2) is 7.66. The lowest BCUT2D eigenvalue weighted by Crippen LogP contribution is -2.50. The van der Waals surface area contributed by atoms with Gasteiger partial charge in [-0.3, -0.25) is 4.79 Å². The Morgan fingerprint density at radius 2 is 1.78 bits per heavy atom. The number of carbonyl (C=O) groups is 1. The highest BCUT2D eigenvalue weighted by molar-refractivity contribution is 5.78. The first-order valence-corrected chi connectivity index (χ1v) is 8.46. The molecular weight excluding hydrogens is 292 g/mol. The normalized spacial score (nSPS) is 19.7. The summed E-state index contributed by atoms with van der Waals surface area (Å²) < 4.78 is 6.04. The monoisotopic (exact) mass is 318 g/mol. The summed E-state index contributed by atoms with van der Waals surface area (Å²) in [5.41, 5.74) is 6.60. The second-order valence-corrected chi connectivity index (χ2v) is 6.13. The number of ether oxygens (including phenoxy) is 1. The van der Waals surface area contributed by atoms with Crippen LogP contribution in [0.3, 0.4) is 0 Å². The number of piperidine rings is 1. The minimum absolute atomic E-state index is 0.0374. The van der Waals surface area contributed by atoms with Crippen molar-refractivity contribution in [1.82, 2.24) is 10.2 Å². The van der Waals surface area contributed by atoms with Crippen molar-refractivity contribution in [2.45, 2.75) is 18.9 Å². The Hall–Kier alpha value is -1.79. The molecule has 6 nitrogen and oxygen atoms in total. The molecule has 0 spiro atoms. The molecule has 6 heteroatoms. The van der Waals surface area contributed by atoms with E-state index in [1.165, 1.54) is 5.69 Å². The predicted molar refractivity (Wildman–Crippen MR) is 90.8 cm³/mol. The molecule has 2 aliphatic heterocycles. The van der Waals surface area contributed by atoms with Crippen molar-refractivity contribution in [2.75, 3.05) is 50.7 Å². The number of rotatable bonds is 4. The van der Waals surface area contributed by atoms with Gasteiger partial charge in [0.2, 0.25) is 5.91 Å². The van der Waals surface area contributed by atoms with Gasteiger partial charge < -0.3 is 25.6 Å². The molecule has 2 aliphatic rings. The van der Waals surface area contributed by atoms with Crippen LogP contribution in [0.2, 0.25) is 0 Å². The molecule has 1 aromatic rings.